The van der Waals surface area contributed by atoms with E-state index in [0.29, 0.717) is 0 Å². The molecule has 0 amide bonds. The summed E-state index contributed by atoms with van der Waals surface area (Å²) in [5.41, 5.74) is 3.58. The second-order valence-electron chi connectivity index (χ2n) is 3.25. The van der Waals surface area contributed by atoms with Crippen molar-refractivity contribution >= 4 is 0 Å². The Morgan fingerprint density at radius 2 is 1.77 bits per heavy atom. The molecule has 0 saturated heterocycles. The van der Waals surface area contributed by atoms with Gasteiger partial charge < -0.3 is 0 Å². The molecule has 1 aromatic carbocycles. The lowest BCUT2D eigenvalue weighted by atomic mass is 10.3. The van der Waals surface area contributed by atoms with E-state index in [0.717, 1.165) is 0 Å². The molecule has 1 N–H and O–H groups in total. The number of H-pyrrole nitrogens is 1. The molecule has 0 radical (unpaired) electrons. The fourth-order valence-electron chi connectivity index (χ4n) is 1.52. The number of rotatable bonds is 1. The second-order valence-corrected chi connectivity index (χ2v) is 3.25. The van der Waals surface area contributed by atoms with E-state index in [-0.39, 0.29) is 0 Å². The Labute approximate surface area is 77.8 Å². The van der Waals surface area contributed by atoms with Crippen molar-refractivity contribution in [1.29, 1.82) is 0 Å². The normalized spacial score (nSPS) is 10.3. The molecular weight excluding hydrogens is 160 g/mol. The topological polar surface area (TPSA) is 19.7 Å². The van der Waals surface area contributed by atoms with Crippen molar-refractivity contribution in [3.05, 3.63) is 47.8 Å². The molecule has 13 heavy (non-hydrogen) atoms. The molecule has 2 nitrogen and oxygen atoms in total. The van der Waals surface area contributed by atoms with Crippen molar-refractivity contribution in [2.75, 3.05) is 0 Å². The van der Waals surface area contributed by atoms with Crippen LogP contribution in [0.3, 0.4) is 0 Å². The van der Waals surface area contributed by atoms with Crippen molar-refractivity contribution < 1.29 is 4.68 Å². The maximum Gasteiger partial charge on any atom is 0.235 e. The second kappa shape index (κ2) is 3.05. The number of aryl methyl sites for hydroxylation is 2. The Morgan fingerprint density at radius 1 is 1.08 bits per heavy atom. The molecule has 1 heterocycles. The van der Waals surface area contributed by atoms with Crippen LogP contribution in [0.25, 0.3) is 5.69 Å². The van der Waals surface area contributed by atoms with Gasteiger partial charge in [0.2, 0.25) is 11.4 Å². The van der Waals surface area contributed by atoms with Gasteiger partial charge in [-0.05, 0) is 6.92 Å². The third-order valence-corrected chi connectivity index (χ3v) is 2.08. The van der Waals surface area contributed by atoms with Crippen LogP contribution in [0.5, 0.6) is 0 Å². The lowest BCUT2D eigenvalue weighted by Crippen LogP contribution is -2.35. The van der Waals surface area contributed by atoms with Gasteiger partial charge in [-0.1, -0.05) is 22.9 Å². The van der Waals surface area contributed by atoms with Crippen molar-refractivity contribution in [1.82, 2.24) is 5.10 Å². The van der Waals surface area contributed by atoms with Gasteiger partial charge >= 0.3 is 0 Å². The van der Waals surface area contributed by atoms with Crippen LogP contribution in [0, 0.1) is 13.8 Å². The summed E-state index contributed by atoms with van der Waals surface area (Å²) in [6.45, 7) is 4.16. The Morgan fingerprint density at radius 3 is 2.31 bits per heavy atom. The first-order chi connectivity index (χ1) is 6.27. The Bertz CT molecular complexity index is 401. The molecule has 1 aromatic heterocycles. The summed E-state index contributed by atoms with van der Waals surface area (Å²) in [6, 6.07) is 12.4. The van der Waals surface area contributed by atoms with E-state index in [1.54, 1.807) is 0 Å². The van der Waals surface area contributed by atoms with Gasteiger partial charge in [-0.25, -0.2) is 0 Å². The van der Waals surface area contributed by atoms with E-state index in [1.165, 1.54) is 17.1 Å². The minimum atomic E-state index is 1.17. The van der Waals surface area contributed by atoms with Gasteiger partial charge in [-0.15, -0.1) is 0 Å². The summed E-state index contributed by atoms with van der Waals surface area (Å²) in [6.07, 6.45) is 0. The lowest BCUT2D eigenvalue weighted by Gasteiger charge is -1.91. The van der Waals surface area contributed by atoms with Gasteiger partial charge in [0.05, 0.1) is 5.69 Å². The zero-order valence-corrected chi connectivity index (χ0v) is 7.91. The molecule has 0 aliphatic carbocycles. The molecule has 2 rings (SSSR count). The number of benzene rings is 1. The number of hydrogen-bond acceptors (Lipinski definition) is 0. The van der Waals surface area contributed by atoms with Crippen molar-refractivity contribution in [3.63, 3.8) is 0 Å². The molecule has 66 valence electrons. The number of nitrogens with zero attached hydrogens (tertiary/aromatic N) is 1. The summed E-state index contributed by atoms with van der Waals surface area (Å²) >= 11 is 0. The largest absolute Gasteiger partial charge is 0.235 e. The van der Waals surface area contributed by atoms with Crippen LogP contribution in [0.4, 0.5) is 0 Å². The summed E-state index contributed by atoms with van der Waals surface area (Å²) in [7, 11) is 0. The highest BCUT2D eigenvalue weighted by Crippen LogP contribution is 2.01. The van der Waals surface area contributed by atoms with E-state index in [1.807, 2.05) is 18.2 Å². The average Bonchev–Trinajstić information content (AvgIpc) is 2.47. The zero-order valence-electron chi connectivity index (χ0n) is 7.91. The average molecular weight is 173 g/mol. The highest BCUT2D eigenvalue weighted by molar-refractivity contribution is 5.21. The maximum absolute atomic E-state index is 3.28. The Balaban J connectivity index is 2.53. The van der Waals surface area contributed by atoms with Gasteiger partial charge in [0.1, 0.15) is 0 Å². The predicted octanol–water partition coefficient (Wildman–Crippen LogP) is 1.91. The third kappa shape index (κ3) is 1.47. The number of aromatic nitrogens is 2. The van der Waals surface area contributed by atoms with Crippen LogP contribution in [0.15, 0.2) is 36.4 Å². The molecule has 2 aromatic rings. The van der Waals surface area contributed by atoms with E-state index >= 15 is 0 Å². The number of hydrogen-bond donors (Lipinski definition) is 1. The monoisotopic (exact) mass is 173 g/mol. The van der Waals surface area contributed by atoms with E-state index < -0.39 is 0 Å². The molecule has 0 aliphatic rings. The van der Waals surface area contributed by atoms with Crippen molar-refractivity contribution in [3.8, 4) is 5.69 Å². The van der Waals surface area contributed by atoms with E-state index in [4.69, 9.17) is 0 Å². The molecule has 0 saturated carbocycles. The Kier molecular flexibility index (Phi) is 1.89. The van der Waals surface area contributed by atoms with Crippen LogP contribution in [-0.2, 0) is 0 Å². The number of para-hydroxylation sites is 1. The predicted molar refractivity (Wildman–Crippen MR) is 51.8 cm³/mol. The first kappa shape index (κ1) is 8.05. The summed E-state index contributed by atoms with van der Waals surface area (Å²) < 4.78 is 2.08. The maximum atomic E-state index is 3.28. The van der Waals surface area contributed by atoms with Crippen LogP contribution >= 0.6 is 0 Å². The zero-order chi connectivity index (χ0) is 9.26. The minimum absolute atomic E-state index is 1.17. The first-order valence-electron chi connectivity index (χ1n) is 4.41. The molecule has 0 spiro atoms. The summed E-state index contributed by atoms with van der Waals surface area (Å²) in [5, 5.41) is 3.28. The van der Waals surface area contributed by atoms with E-state index in [2.05, 4.69) is 41.8 Å². The highest BCUT2D eigenvalue weighted by atomic mass is 15.3. The van der Waals surface area contributed by atoms with Crippen molar-refractivity contribution in [2.24, 2.45) is 0 Å². The van der Waals surface area contributed by atoms with Gasteiger partial charge in [0.25, 0.3) is 0 Å². The van der Waals surface area contributed by atoms with Crippen molar-refractivity contribution in [2.45, 2.75) is 13.8 Å². The molecule has 0 fully saturated rings. The van der Waals surface area contributed by atoms with E-state index in [9.17, 15) is 0 Å². The van der Waals surface area contributed by atoms with Crippen LogP contribution in [0.1, 0.15) is 11.4 Å². The molecule has 0 atom stereocenters. The smallest absolute Gasteiger partial charge is 0.164 e. The molecule has 0 bridgehead atoms. The third-order valence-electron chi connectivity index (χ3n) is 2.08. The first-order valence-corrected chi connectivity index (χ1v) is 4.41. The minimum Gasteiger partial charge on any atom is -0.164 e. The standard InChI is InChI=1S/C11H12N2/c1-9-8-10(2)13(12-9)11-6-4-3-5-7-11/h3-8H,1-2H3/p+1. The Hall–Kier alpha value is -1.57. The van der Waals surface area contributed by atoms with Crippen LogP contribution in [0.2, 0.25) is 0 Å². The van der Waals surface area contributed by atoms with Gasteiger partial charge in [0, 0.05) is 25.1 Å². The van der Waals surface area contributed by atoms with Gasteiger partial charge in [-0.3, -0.25) is 0 Å². The number of aromatic amines is 1. The summed E-state index contributed by atoms with van der Waals surface area (Å²) in [4.78, 5) is 0. The fraction of sp³-hybridized carbons (Fsp3) is 0.182. The summed E-state index contributed by atoms with van der Waals surface area (Å²) in [5.74, 6) is 0. The molecule has 0 unspecified atom stereocenters. The van der Waals surface area contributed by atoms with Crippen LogP contribution in [-0.4, -0.2) is 5.10 Å². The number of nitrogens with one attached hydrogen (secondary N) is 1. The molecule has 2 heteroatoms. The SMILES string of the molecule is Cc1cc(C)[n+](-c2ccccc2)[nH]1. The van der Waals surface area contributed by atoms with Gasteiger partial charge in [-0.2, -0.15) is 5.10 Å². The molecule has 0 aliphatic heterocycles. The quantitative estimate of drug-likeness (QED) is 0.635. The lowest BCUT2D eigenvalue weighted by molar-refractivity contribution is -0.661. The fourth-order valence-corrected chi connectivity index (χ4v) is 1.52. The van der Waals surface area contributed by atoms with Crippen LogP contribution < -0.4 is 4.68 Å². The highest BCUT2D eigenvalue weighted by Gasteiger charge is 2.11. The van der Waals surface area contributed by atoms with Gasteiger partial charge in [0.15, 0.2) is 0 Å². The molecular formula is C11H13N2+.